The van der Waals surface area contributed by atoms with Crippen molar-refractivity contribution in [2.45, 2.75) is 65.4 Å². The quantitative estimate of drug-likeness (QED) is 0.475. The number of fused-ring (bicyclic) bond motifs is 1. The summed E-state index contributed by atoms with van der Waals surface area (Å²) in [6, 6.07) is 0. The van der Waals surface area contributed by atoms with Gasteiger partial charge < -0.3 is 9.84 Å². The number of aliphatic hydroxyl groups excluding tert-OH is 1. The van der Waals surface area contributed by atoms with Gasteiger partial charge in [0.1, 0.15) is 12.7 Å². The van der Waals surface area contributed by atoms with Crippen LogP contribution in [0.5, 0.6) is 0 Å². The Bertz CT molecular complexity index is 545. The Morgan fingerprint density at radius 2 is 2.09 bits per heavy atom. The summed E-state index contributed by atoms with van der Waals surface area (Å²) in [5.41, 5.74) is 2.39. The molecule has 4 atom stereocenters. The fraction of sp³-hybridized carbons (Fsp3) is 0.750. The largest absolute Gasteiger partial charge is 0.459 e. The van der Waals surface area contributed by atoms with Crippen LogP contribution in [0.25, 0.3) is 0 Å². The van der Waals surface area contributed by atoms with Gasteiger partial charge in [0.15, 0.2) is 0 Å². The number of rotatable bonds is 2. The first-order chi connectivity index (χ1) is 10.8. The van der Waals surface area contributed by atoms with Crippen molar-refractivity contribution in [3.8, 4) is 0 Å². The van der Waals surface area contributed by atoms with Crippen LogP contribution in [0.4, 0.5) is 0 Å². The molecule has 1 aliphatic heterocycles. The Morgan fingerprint density at radius 1 is 1.35 bits per heavy atom. The number of cyclic esters (lactones) is 1. The Hall–Kier alpha value is -1.09. The summed E-state index contributed by atoms with van der Waals surface area (Å²) in [6.45, 7) is 11.7. The van der Waals surface area contributed by atoms with E-state index in [-0.39, 0.29) is 18.0 Å². The van der Waals surface area contributed by atoms with Gasteiger partial charge in [0.25, 0.3) is 0 Å². The molecule has 3 heteroatoms. The smallest absolute Gasteiger partial charge is 0.336 e. The van der Waals surface area contributed by atoms with E-state index in [2.05, 4.69) is 27.4 Å². The summed E-state index contributed by atoms with van der Waals surface area (Å²) in [7, 11) is 0. The van der Waals surface area contributed by atoms with E-state index in [0.717, 1.165) is 12.8 Å². The molecule has 0 aromatic rings. The third-order valence-electron chi connectivity index (χ3n) is 6.86. The summed E-state index contributed by atoms with van der Waals surface area (Å²) in [5, 5.41) is 9.90. The molecule has 0 bridgehead atoms. The predicted octanol–water partition coefficient (Wildman–Crippen LogP) is 4.02. The second kappa shape index (κ2) is 5.77. The van der Waals surface area contributed by atoms with Crippen LogP contribution in [0, 0.1) is 22.7 Å². The first-order valence-corrected chi connectivity index (χ1v) is 8.98. The molecule has 2 saturated carbocycles. The minimum absolute atomic E-state index is 0.100. The number of ether oxygens (including phenoxy) is 1. The van der Waals surface area contributed by atoms with Crippen molar-refractivity contribution in [1.29, 1.82) is 0 Å². The van der Waals surface area contributed by atoms with Crippen molar-refractivity contribution < 1.29 is 14.6 Å². The van der Waals surface area contributed by atoms with Gasteiger partial charge in [-0.25, -0.2) is 4.79 Å². The molecule has 0 radical (unpaired) electrons. The molecule has 0 spiro atoms. The minimum Gasteiger partial charge on any atom is -0.459 e. The van der Waals surface area contributed by atoms with Crippen molar-refractivity contribution in [3.05, 3.63) is 23.8 Å². The first kappa shape index (κ1) is 16.8. The average molecular weight is 318 g/mol. The van der Waals surface area contributed by atoms with Gasteiger partial charge in [0, 0.05) is 0 Å². The topological polar surface area (TPSA) is 46.5 Å². The summed E-state index contributed by atoms with van der Waals surface area (Å²) in [6.07, 6.45) is 8.09. The molecular weight excluding hydrogens is 288 g/mol. The van der Waals surface area contributed by atoms with Crippen LogP contribution in [0.15, 0.2) is 23.8 Å². The van der Waals surface area contributed by atoms with E-state index in [1.54, 1.807) is 0 Å². The molecular formula is C20H30O3. The maximum Gasteiger partial charge on any atom is 0.336 e. The van der Waals surface area contributed by atoms with Crippen LogP contribution in [0.2, 0.25) is 0 Å². The molecule has 23 heavy (non-hydrogen) atoms. The lowest BCUT2D eigenvalue weighted by atomic mass is 9.47. The third kappa shape index (κ3) is 2.77. The monoisotopic (exact) mass is 318 g/mol. The molecule has 1 saturated heterocycles. The first-order valence-electron chi connectivity index (χ1n) is 8.98. The number of aliphatic hydroxyl groups is 1. The molecule has 3 rings (SSSR count). The Morgan fingerprint density at radius 3 is 2.74 bits per heavy atom. The predicted molar refractivity (Wildman–Crippen MR) is 90.8 cm³/mol. The second-order valence-electron chi connectivity index (χ2n) is 8.66. The maximum absolute atomic E-state index is 11.7. The van der Waals surface area contributed by atoms with E-state index in [1.165, 1.54) is 31.3 Å². The van der Waals surface area contributed by atoms with Crippen LogP contribution >= 0.6 is 0 Å². The molecule has 0 unspecified atom stereocenters. The number of carbonyl (C=O) groups excluding carboxylic acids is 1. The molecule has 128 valence electrons. The molecule has 3 nitrogen and oxygen atoms in total. The zero-order chi connectivity index (χ0) is 16.8. The Balaban J connectivity index is 1.86. The number of allylic oxidation sites excluding steroid dienone is 2. The van der Waals surface area contributed by atoms with E-state index in [1.807, 2.05) is 6.08 Å². The van der Waals surface area contributed by atoms with E-state index in [0.29, 0.717) is 22.8 Å². The number of hydrogen-bond donors (Lipinski definition) is 1. The van der Waals surface area contributed by atoms with Gasteiger partial charge in [-0.05, 0) is 54.8 Å². The van der Waals surface area contributed by atoms with Crippen molar-refractivity contribution in [2.24, 2.45) is 22.7 Å². The van der Waals surface area contributed by atoms with Crippen LogP contribution < -0.4 is 0 Å². The Labute approximate surface area is 139 Å². The highest BCUT2D eigenvalue weighted by Crippen LogP contribution is 2.61. The second-order valence-corrected chi connectivity index (χ2v) is 8.66. The zero-order valence-electron chi connectivity index (χ0n) is 14.7. The summed E-state index contributed by atoms with van der Waals surface area (Å²) in [4.78, 5) is 11.7. The van der Waals surface area contributed by atoms with Gasteiger partial charge in [-0.1, -0.05) is 45.4 Å². The van der Waals surface area contributed by atoms with Gasteiger partial charge >= 0.3 is 5.97 Å². The van der Waals surface area contributed by atoms with Gasteiger partial charge in [-0.15, -0.1) is 0 Å². The highest BCUT2D eigenvalue weighted by Gasteiger charge is 2.52. The Kier molecular flexibility index (Phi) is 4.20. The molecule has 3 aliphatic rings. The van der Waals surface area contributed by atoms with Gasteiger partial charge in [0.2, 0.25) is 0 Å². The zero-order valence-corrected chi connectivity index (χ0v) is 14.7. The summed E-state index contributed by atoms with van der Waals surface area (Å²) >= 11 is 0. The average Bonchev–Trinajstić information content (AvgIpc) is 2.77. The summed E-state index contributed by atoms with van der Waals surface area (Å²) < 4.78 is 4.93. The normalized spacial score (nSPS) is 41.7. The van der Waals surface area contributed by atoms with E-state index >= 15 is 0 Å². The van der Waals surface area contributed by atoms with E-state index in [4.69, 9.17) is 4.74 Å². The van der Waals surface area contributed by atoms with Gasteiger partial charge in [-0.2, -0.15) is 0 Å². The molecule has 1 heterocycles. The summed E-state index contributed by atoms with van der Waals surface area (Å²) in [5.74, 6) is 0.747. The minimum atomic E-state index is -0.759. The molecule has 2 aliphatic carbocycles. The van der Waals surface area contributed by atoms with Crippen LogP contribution in [0.3, 0.4) is 0 Å². The SMILES string of the molecule is C=C1CC[C@H]2C(C)(C)CCC[C@]2(C)[C@H]1CC=C1C(=O)OC[C@@H]1O. The highest BCUT2D eigenvalue weighted by molar-refractivity contribution is 5.91. The van der Waals surface area contributed by atoms with Crippen molar-refractivity contribution in [3.63, 3.8) is 0 Å². The third-order valence-corrected chi connectivity index (χ3v) is 6.86. The van der Waals surface area contributed by atoms with Crippen molar-refractivity contribution in [2.75, 3.05) is 6.61 Å². The lowest BCUT2D eigenvalue weighted by molar-refractivity contribution is -0.135. The van der Waals surface area contributed by atoms with E-state index < -0.39 is 6.10 Å². The molecule has 0 aromatic carbocycles. The van der Waals surface area contributed by atoms with Crippen LogP contribution in [-0.2, 0) is 9.53 Å². The maximum atomic E-state index is 11.7. The highest BCUT2D eigenvalue weighted by atomic mass is 16.6. The number of hydrogen-bond acceptors (Lipinski definition) is 3. The van der Waals surface area contributed by atoms with Crippen LogP contribution in [0.1, 0.15) is 59.3 Å². The molecule has 3 fully saturated rings. The van der Waals surface area contributed by atoms with Gasteiger partial charge in [0.05, 0.1) is 5.57 Å². The fourth-order valence-corrected chi connectivity index (χ4v) is 5.64. The van der Waals surface area contributed by atoms with Crippen molar-refractivity contribution >= 4 is 5.97 Å². The number of esters is 1. The standard InChI is InChI=1S/C20H30O3/c1-13-6-9-17-19(2,3)10-5-11-20(17,4)15(13)8-7-14-16(21)12-23-18(14)22/h7,15-17,21H,1,5-6,8-12H2,2-4H3/t15-,16-,17-,20+/m0/s1. The molecule has 0 amide bonds. The fourth-order valence-electron chi connectivity index (χ4n) is 5.64. The lowest BCUT2D eigenvalue weighted by Gasteiger charge is -2.58. The molecule has 1 N–H and O–H groups in total. The van der Waals surface area contributed by atoms with Gasteiger partial charge in [-0.3, -0.25) is 0 Å². The number of carbonyl (C=O) groups is 1. The molecule has 0 aromatic heterocycles. The lowest BCUT2D eigenvalue weighted by Crippen LogP contribution is -2.49. The van der Waals surface area contributed by atoms with E-state index in [9.17, 15) is 9.90 Å². The van der Waals surface area contributed by atoms with Crippen molar-refractivity contribution in [1.82, 2.24) is 0 Å². The van der Waals surface area contributed by atoms with Crippen LogP contribution in [-0.4, -0.2) is 23.8 Å².